The fraction of sp³-hybridized carbons (Fsp3) is 0.0244. The molecule has 0 unspecified atom stereocenters. The Morgan fingerprint density at radius 2 is 1.09 bits per heavy atom. The second-order valence-electron chi connectivity index (χ2n) is 11.0. The highest BCUT2D eigenvalue weighted by Gasteiger charge is 2.17. The van der Waals surface area contributed by atoms with Crippen LogP contribution in [0.25, 0.3) is 77.8 Å². The van der Waals surface area contributed by atoms with Crippen molar-refractivity contribution in [1.29, 1.82) is 0 Å². The highest BCUT2D eigenvalue weighted by atomic mass is 16.3. The molecular weight excluding hydrogens is 536 g/mol. The molecule has 0 saturated heterocycles. The first-order valence-electron chi connectivity index (χ1n) is 14.8. The summed E-state index contributed by atoms with van der Waals surface area (Å²) in [7, 11) is 0. The second-order valence-corrected chi connectivity index (χ2v) is 11.0. The molecule has 0 N–H and O–H groups in total. The molecule has 0 fully saturated rings. The maximum atomic E-state index is 5.92. The molecule has 8 rings (SSSR count). The minimum Gasteiger partial charge on any atom is -0.441 e. The van der Waals surface area contributed by atoms with E-state index in [1.807, 2.05) is 31.2 Å². The van der Waals surface area contributed by atoms with Gasteiger partial charge in [0.1, 0.15) is 5.52 Å². The fourth-order valence-electron chi connectivity index (χ4n) is 6.12. The summed E-state index contributed by atoms with van der Waals surface area (Å²) in [4.78, 5) is 9.90. The van der Waals surface area contributed by atoms with Crippen LogP contribution in [0.5, 0.6) is 0 Å². The number of benzene rings is 6. The lowest BCUT2D eigenvalue weighted by atomic mass is 9.89. The van der Waals surface area contributed by atoms with E-state index in [4.69, 9.17) is 14.4 Å². The van der Waals surface area contributed by atoms with Gasteiger partial charge in [-0.3, -0.25) is 0 Å². The summed E-state index contributed by atoms with van der Waals surface area (Å²) < 4.78 is 5.92. The third-order valence-electron chi connectivity index (χ3n) is 8.22. The Morgan fingerprint density at radius 3 is 1.84 bits per heavy atom. The molecule has 0 bridgehead atoms. The molecule has 0 amide bonds. The average Bonchev–Trinajstić information content (AvgIpc) is 3.49. The van der Waals surface area contributed by atoms with Gasteiger partial charge < -0.3 is 4.42 Å². The van der Waals surface area contributed by atoms with Crippen LogP contribution in [0.4, 0.5) is 0 Å². The largest absolute Gasteiger partial charge is 0.441 e. The van der Waals surface area contributed by atoms with Crippen LogP contribution >= 0.6 is 0 Å². The van der Waals surface area contributed by atoms with Crippen LogP contribution in [0.1, 0.15) is 5.89 Å². The van der Waals surface area contributed by atoms with E-state index in [1.165, 1.54) is 16.3 Å². The molecule has 0 saturated carbocycles. The zero-order valence-corrected chi connectivity index (χ0v) is 24.2. The van der Waals surface area contributed by atoms with Crippen LogP contribution in [0.3, 0.4) is 0 Å². The van der Waals surface area contributed by atoms with E-state index in [2.05, 4.69) is 127 Å². The van der Waals surface area contributed by atoms with Crippen molar-refractivity contribution in [3.8, 4) is 55.9 Å². The first-order chi connectivity index (χ1) is 21.7. The van der Waals surface area contributed by atoms with Crippen molar-refractivity contribution in [3.05, 3.63) is 158 Å². The molecule has 0 aliphatic heterocycles. The van der Waals surface area contributed by atoms with Crippen molar-refractivity contribution in [3.63, 3.8) is 0 Å². The van der Waals surface area contributed by atoms with Crippen LogP contribution in [0, 0.1) is 6.92 Å². The molecule has 8 aromatic rings. The van der Waals surface area contributed by atoms with Gasteiger partial charge in [-0.2, -0.15) is 0 Å². The number of nitrogens with zero attached hydrogens (tertiary/aromatic N) is 2. The Balaban J connectivity index is 1.27. The van der Waals surface area contributed by atoms with Gasteiger partial charge in [0.2, 0.25) is 0 Å². The molecule has 0 atom stereocenters. The maximum Gasteiger partial charge on any atom is 0.192 e. The molecular formula is C41H28N2O. The third-order valence-corrected chi connectivity index (χ3v) is 8.22. The van der Waals surface area contributed by atoms with Crippen LogP contribution < -0.4 is 0 Å². The van der Waals surface area contributed by atoms with Gasteiger partial charge in [0.05, 0.1) is 11.4 Å². The molecule has 2 aromatic heterocycles. The summed E-state index contributed by atoms with van der Waals surface area (Å²) in [5, 5.41) is 2.38. The van der Waals surface area contributed by atoms with Crippen molar-refractivity contribution in [2.24, 2.45) is 0 Å². The van der Waals surface area contributed by atoms with Crippen molar-refractivity contribution in [2.45, 2.75) is 6.92 Å². The number of hydrogen-bond donors (Lipinski definition) is 0. The summed E-state index contributed by atoms with van der Waals surface area (Å²) in [6, 6.07) is 53.2. The summed E-state index contributed by atoms with van der Waals surface area (Å²) in [6.45, 7) is 1.90. The summed E-state index contributed by atoms with van der Waals surface area (Å²) >= 11 is 0. The Labute approximate surface area is 256 Å². The first kappa shape index (κ1) is 25.9. The Morgan fingerprint density at radius 1 is 0.455 bits per heavy atom. The summed E-state index contributed by atoms with van der Waals surface area (Å²) in [5.74, 6) is 0.665. The lowest BCUT2D eigenvalue weighted by Gasteiger charge is -2.15. The molecule has 0 radical (unpaired) electrons. The lowest BCUT2D eigenvalue weighted by Crippen LogP contribution is -1.92. The van der Waals surface area contributed by atoms with E-state index < -0.39 is 0 Å². The number of hydrogen-bond acceptors (Lipinski definition) is 3. The van der Waals surface area contributed by atoms with Crippen molar-refractivity contribution in [1.82, 2.24) is 9.97 Å². The number of rotatable bonds is 5. The average molecular weight is 565 g/mol. The zero-order chi connectivity index (χ0) is 29.5. The van der Waals surface area contributed by atoms with Crippen molar-refractivity contribution < 1.29 is 4.42 Å². The van der Waals surface area contributed by atoms with E-state index in [0.717, 1.165) is 61.4 Å². The van der Waals surface area contributed by atoms with Gasteiger partial charge in [-0.25, -0.2) is 9.97 Å². The molecule has 2 heterocycles. The van der Waals surface area contributed by atoms with Crippen molar-refractivity contribution >= 4 is 21.9 Å². The van der Waals surface area contributed by atoms with Gasteiger partial charge in [0.15, 0.2) is 11.5 Å². The van der Waals surface area contributed by atoms with E-state index >= 15 is 0 Å². The maximum absolute atomic E-state index is 5.92. The number of oxazole rings is 1. The number of para-hydroxylation sites is 1. The molecule has 6 aromatic carbocycles. The fourth-order valence-corrected chi connectivity index (χ4v) is 6.12. The van der Waals surface area contributed by atoms with E-state index in [-0.39, 0.29) is 0 Å². The van der Waals surface area contributed by atoms with E-state index in [0.29, 0.717) is 5.89 Å². The molecule has 0 aliphatic carbocycles. The Kier molecular flexibility index (Phi) is 6.35. The lowest BCUT2D eigenvalue weighted by molar-refractivity contribution is 0.561. The van der Waals surface area contributed by atoms with Gasteiger partial charge >= 0.3 is 0 Å². The van der Waals surface area contributed by atoms with Crippen molar-refractivity contribution in [2.75, 3.05) is 0 Å². The number of aryl methyl sites for hydroxylation is 1. The van der Waals surface area contributed by atoms with Gasteiger partial charge in [0.25, 0.3) is 0 Å². The normalized spacial score (nSPS) is 11.3. The predicted molar refractivity (Wildman–Crippen MR) is 181 cm³/mol. The SMILES string of the molecule is Cc1nc2c(-c3c(-c4ccc(-c5cc(-c6ccccc6)cc(-c6ccccc6)n5)cc4)ccc4ccccc34)cccc2o1. The predicted octanol–water partition coefficient (Wildman–Crippen LogP) is 11.0. The zero-order valence-electron chi connectivity index (χ0n) is 24.2. The number of fused-ring (bicyclic) bond motifs is 2. The highest BCUT2D eigenvalue weighted by Crippen LogP contribution is 2.41. The van der Waals surface area contributed by atoms with Crippen LogP contribution in [0.15, 0.2) is 156 Å². The Hall–Kier alpha value is -5.80. The third kappa shape index (κ3) is 4.65. The number of aromatic nitrogens is 2. The van der Waals surface area contributed by atoms with E-state index in [1.54, 1.807) is 0 Å². The second kappa shape index (κ2) is 10.8. The minimum absolute atomic E-state index is 0.665. The molecule has 0 aliphatic rings. The molecule has 3 nitrogen and oxygen atoms in total. The number of pyridine rings is 1. The standard InChI is InChI=1S/C41H28N2O/c1-27-42-41-36(17-10-18-39(41)44-27)40-34-16-9-8-13-29(34)23-24-35(40)30-19-21-32(22-20-30)38-26-33(28-11-4-2-5-12-28)25-37(43-38)31-14-6-3-7-15-31/h2-26H,1H3. The van der Waals surface area contributed by atoms with Crippen LogP contribution in [-0.2, 0) is 0 Å². The molecule has 44 heavy (non-hydrogen) atoms. The minimum atomic E-state index is 0.665. The summed E-state index contributed by atoms with van der Waals surface area (Å²) in [5.41, 5.74) is 12.6. The summed E-state index contributed by atoms with van der Waals surface area (Å²) in [6.07, 6.45) is 0. The quantitative estimate of drug-likeness (QED) is 0.209. The molecule has 0 spiro atoms. The Bertz CT molecular complexity index is 2210. The van der Waals surface area contributed by atoms with Gasteiger partial charge in [-0.05, 0) is 56.8 Å². The smallest absolute Gasteiger partial charge is 0.192 e. The monoisotopic (exact) mass is 564 g/mol. The van der Waals surface area contributed by atoms with Gasteiger partial charge in [-0.1, -0.05) is 133 Å². The van der Waals surface area contributed by atoms with Crippen LogP contribution in [0.2, 0.25) is 0 Å². The molecule has 3 heteroatoms. The molecule has 208 valence electrons. The van der Waals surface area contributed by atoms with E-state index in [9.17, 15) is 0 Å². The first-order valence-corrected chi connectivity index (χ1v) is 14.8. The van der Waals surface area contributed by atoms with Crippen LogP contribution in [-0.4, -0.2) is 9.97 Å². The van der Waals surface area contributed by atoms with Gasteiger partial charge in [-0.15, -0.1) is 0 Å². The van der Waals surface area contributed by atoms with Gasteiger partial charge in [0, 0.05) is 23.6 Å². The topological polar surface area (TPSA) is 38.9 Å². The highest BCUT2D eigenvalue weighted by molar-refractivity contribution is 6.09.